The molecule has 2 heterocycles. The van der Waals surface area contributed by atoms with Crippen LogP contribution in [-0.4, -0.2) is 36.2 Å². The fourth-order valence-corrected chi connectivity index (χ4v) is 3.34. The summed E-state index contributed by atoms with van der Waals surface area (Å²) < 4.78 is 3.95. The maximum Gasteiger partial charge on any atom is 0.217 e. The third-order valence-corrected chi connectivity index (χ3v) is 4.59. The molecular weight excluding hydrogens is 324 g/mol. The van der Waals surface area contributed by atoms with Gasteiger partial charge in [-0.1, -0.05) is 25.6 Å². The first kappa shape index (κ1) is 18.5. The Morgan fingerprint density at radius 1 is 1.33 bits per heavy atom. The molecule has 0 aliphatic heterocycles. The molecule has 24 heavy (non-hydrogen) atoms. The number of thioether (sulfide) groups is 1. The highest BCUT2D eigenvalue weighted by atomic mass is 32.2. The van der Waals surface area contributed by atoms with E-state index in [9.17, 15) is 4.79 Å². The minimum Gasteiger partial charge on any atom is -0.370 e. The van der Waals surface area contributed by atoms with E-state index in [1.165, 1.54) is 5.56 Å². The van der Waals surface area contributed by atoms with Gasteiger partial charge < -0.3 is 10.3 Å². The van der Waals surface area contributed by atoms with Gasteiger partial charge in [-0.2, -0.15) is 5.10 Å². The first-order chi connectivity index (χ1) is 11.5. The first-order valence-electron chi connectivity index (χ1n) is 8.26. The van der Waals surface area contributed by atoms with E-state index in [0.29, 0.717) is 18.8 Å². The van der Waals surface area contributed by atoms with Crippen molar-refractivity contribution in [3.63, 3.8) is 0 Å². The molecule has 1 amide bonds. The fourth-order valence-electron chi connectivity index (χ4n) is 2.43. The van der Waals surface area contributed by atoms with E-state index in [2.05, 4.69) is 33.7 Å². The van der Waals surface area contributed by atoms with Crippen LogP contribution in [0.1, 0.15) is 38.1 Å². The predicted octanol–water partition coefficient (Wildman–Crippen LogP) is 1.81. The van der Waals surface area contributed by atoms with Crippen LogP contribution < -0.4 is 5.73 Å². The summed E-state index contributed by atoms with van der Waals surface area (Å²) in [6.07, 6.45) is 6.88. The van der Waals surface area contributed by atoms with Crippen molar-refractivity contribution in [2.75, 3.05) is 5.75 Å². The van der Waals surface area contributed by atoms with Gasteiger partial charge in [0, 0.05) is 38.4 Å². The SMILES string of the molecule is CC(C)Cn1c(CCC(N)=O)nnc1SCCCc1cnn(C)c1. The zero-order valence-corrected chi connectivity index (χ0v) is 15.4. The lowest BCUT2D eigenvalue weighted by Gasteiger charge is -2.12. The molecule has 2 rings (SSSR count). The van der Waals surface area contributed by atoms with Crippen LogP contribution >= 0.6 is 11.8 Å². The minimum atomic E-state index is -0.306. The second-order valence-electron chi connectivity index (χ2n) is 6.34. The number of primary amides is 1. The van der Waals surface area contributed by atoms with Gasteiger partial charge >= 0.3 is 0 Å². The van der Waals surface area contributed by atoms with Gasteiger partial charge in [0.2, 0.25) is 5.91 Å². The Bertz CT molecular complexity index is 663. The van der Waals surface area contributed by atoms with Crippen LogP contribution in [0.25, 0.3) is 0 Å². The fraction of sp³-hybridized carbons (Fsp3) is 0.625. The van der Waals surface area contributed by atoms with E-state index in [1.807, 2.05) is 24.1 Å². The summed E-state index contributed by atoms with van der Waals surface area (Å²) in [5, 5.41) is 13.7. The number of hydrogen-bond acceptors (Lipinski definition) is 5. The van der Waals surface area contributed by atoms with E-state index in [-0.39, 0.29) is 5.91 Å². The number of nitrogens with zero attached hydrogens (tertiary/aromatic N) is 5. The van der Waals surface area contributed by atoms with Crippen LogP contribution in [0.5, 0.6) is 0 Å². The molecule has 0 saturated heterocycles. The van der Waals surface area contributed by atoms with Crippen molar-refractivity contribution in [1.82, 2.24) is 24.5 Å². The van der Waals surface area contributed by atoms with E-state index in [0.717, 1.165) is 36.1 Å². The van der Waals surface area contributed by atoms with Crippen LogP contribution in [0.4, 0.5) is 0 Å². The summed E-state index contributed by atoms with van der Waals surface area (Å²) in [7, 11) is 1.93. The molecule has 0 fully saturated rings. The molecule has 0 aliphatic carbocycles. The quantitative estimate of drug-likeness (QED) is 0.521. The third-order valence-electron chi connectivity index (χ3n) is 3.54. The molecule has 0 bridgehead atoms. The van der Waals surface area contributed by atoms with E-state index in [4.69, 9.17) is 5.73 Å². The van der Waals surface area contributed by atoms with Crippen LogP contribution in [-0.2, 0) is 31.2 Å². The highest BCUT2D eigenvalue weighted by Crippen LogP contribution is 2.21. The summed E-state index contributed by atoms with van der Waals surface area (Å²) in [5.41, 5.74) is 6.50. The van der Waals surface area contributed by atoms with Gasteiger partial charge in [0.25, 0.3) is 0 Å². The average molecular weight is 350 g/mol. The molecule has 2 aromatic heterocycles. The van der Waals surface area contributed by atoms with Crippen LogP contribution in [0.15, 0.2) is 17.6 Å². The van der Waals surface area contributed by atoms with Crippen molar-refractivity contribution in [3.05, 3.63) is 23.8 Å². The first-order valence-corrected chi connectivity index (χ1v) is 9.25. The van der Waals surface area contributed by atoms with Gasteiger partial charge in [0.05, 0.1) is 6.20 Å². The molecular formula is C16H26N6OS. The van der Waals surface area contributed by atoms with E-state index >= 15 is 0 Å². The van der Waals surface area contributed by atoms with Crippen molar-refractivity contribution in [3.8, 4) is 0 Å². The molecule has 7 nitrogen and oxygen atoms in total. The van der Waals surface area contributed by atoms with Crippen molar-refractivity contribution in [2.24, 2.45) is 18.7 Å². The summed E-state index contributed by atoms with van der Waals surface area (Å²) in [6.45, 7) is 5.18. The molecule has 0 radical (unpaired) electrons. The van der Waals surface area contributed by atoms with Crippen LogP contribution in [0, 0.1) is 5.92 Å². The molecule has 0 saturated carbocycles. The van der Waals surface area contributed by atoms with Gasteiger partial charge in [-0.3, -0.25) is 9.48 Å². The molecule has 0 spiro atoms. The molecule has 2 aromatic rings. The van der Waals surface area contributed by atoms with E-state index < -0.39 is 0 Å². The monoisotopic (exact) mass is 350 g/mol. The van der Waals surface area contributed by atoms with Crippen LogP contribution in [0.2, 0.25) is 0 Å². The second-order valence-corrected chi connectivity index (χ2v) is 7.41. The molecule has 0 aromatic carbocycles. The number of aryl methyl sites for hydroxylation is 3. The Kier molecular flexibility index (Phi) is 6.84. The highest BCUT2D eigenvalue weighted by Gasteiger charge is 2.14. The van der Waals surface area contributed by atoms with Gasteiger partial charge in [-0.15, -0.1) is 10.2 Å². The van der Waals surface area contributed by atoms with Crippen molar-refractivity contribution in [2.45, 2.75) is 51.2 Å². The zero-order valence-electron chi connectivity index (χ0n) is 14.6. The Labute approximate surface area is 147 Å². The van der Waals surface area contributed by atoms with Gasteiger partial charge in [-0.05, 0) is 24.3 Å². The molecule has 132 valence electrons. The number of carbonyl (C=O) groups excluding carboxylic acids is 1. The summed E-state index contributed by atoms with van der Waals surface area (Å²) in [5.74, 6) is 2.00. The molecule has 0 atom stereocenters. The van der Waals surface area contributed by atoms with Gasteiger partial charge in [0.15, 0.2) is 5.16 Å². The predicted molar refractivity (Wildman–Crippen MR) is 94.6 cm³/mol. The Morgan fingerprint density at radius 3 is 2.75 bits per heavy atom. The zero-order chi connectivity index (χ0) is 17.5. The smallest absolute Gasteiger partial charge is 0.217 e. The number of amides is 1. The van der Waals surface area contributed by atoms with Gasteiger partial charge in [-0.25, -0.2) is 0 Å². The maximum absolute atomic E-state index is 11.0. The van der Waals surface area contributed by atoms with Gasteiger partial charge in [0.1, 0.15) is 5.82 Å². The normalized spacial score (nSPS) is 11.3. The molecule has 2 N–H and O–H groups in total. The summed E-state index contributed by atoms with van der Waals surface area (Å²) in [4.78, 5) is 11.0. The number of hydrogen-bond donors (Lipinski definition) is 1. The number of nitrogens with two attached hydrogens (primary N) is 1. The van der Waals surface area contributed by atoms with Crippen molar-refractivity contribution >= 4 is 17.7 Å². The second kappa shape index (κ2) is 8.86. The standard InChI is InChI=1S/C16H26N6OS/c1-12(2)10-22-15(7-6-14(17)23)19-20-16(22)24-8-4-5-13-9-18-21(3)11-13/h9,11-12H,4-8,10H2,1-3H3,(H2,17,23). The summed E-state index contributed by atoms with van der Waals surface area (Å²) in [6, 6.07) is 0. The largest absolute Gasteiger partial charge is 0.370 e. The topological polar surface area (TPSA) is 91.6 Å². The number of aromatic nitrogens is 5. The molecule has 0 aliphatic rings. The Morgan fingerprint density at radius 2 is 2.12 bits per heavy atom. The number of carbonyl (C=O) groups is 1. The van der Waals surface area contributed by atoms with Crippen molar-refractivity contribution < 1.29 is 4.79 Å². The molecule has 8 heteroatoms. The Balaban J connectivity index is 1.91. The lowest BCUT2D eigenvalue weighted by atomic mass is 10.2. The lowest BCUT2D eigenvalue weighted by Crippen LogP contribution is -2.15. The average Bonchev–Trinajstić information content (AvgIpc) is 3.08. The minimum absolute atomic E-state index is 0.306. The maximum atomic E-state index is 11.0. The Hall–Kier alpha value is -1.83. The lowest BCUT2D eigenvalue weighted by molar-refractivity contribution is -0.118. The van der Waals surface area contributed by atoms with Crippen molar-refractivity contribution in [1.29, 1.82) is 0 Å². The summed E-state index contributed by atoms with van der Waals surface area (Å²) >= 11 is 1.72. The van der Waals surface area contributed by atoms with Crippen LogP contribution in [0.3, 0.4) is 0 Å². The highest BCUT2D eigenvalue weighted by molar-refractivity contribution is 7.99. The van der Waals surface area contributed by atoms with E-state index in [1.54, 1.807) is 11.8 Å². The molecule has 0 unspecified atom stereocenters. The third kappa shape index (κ3) is 5.67. The number of rotatable bonds is 10.